The van der Waals surface area contributed by atoms with E-state index < -0.39 is 5.54 Å². The van der Waals surface area contributed by atoms with Crippen molar-refractivity contribution in [1.29, 1.82) is 0 Å². The fraction of sp³-hybridized carbons (Fsp3) is 0.786. The Bertz CT molecular complexity index is 1040. The molecule has 1 aromatic rings. The lowest BCUT2D eigenvalue weighted by atomic mass is 9.84. The van der Waals surface area contributed by atoms with E-state index in [0.717, 1.165) is 51.6 Å². The highest BCUT2D eigenvalue weighted by atomic mass is 35.5. The highest BCUT2D eigenvalue weighted by Crippen LogP contribution is 2.33. The van der Waals surface area contributed by atoms with Gasteiger partial charge in [0.05, 0.1) is 5.54 Å². The van der Waals surface area contributed by atoms with Gasteiger partial charge in [0.25, 0.3) is 0 Å². The van der Waals surface area contributed by atoms with Crippen LogP contribution in [0.25, 0.3) is 0 Å². The van der Waals surface area contributed by atoms with E-state index in [-0.39, 0.29) is 41.9 Å². The van der Waals surface area contributed by atoms with Gasteiger partial charge in [-0.05, 0) is 83.7 Å². The topological polar surface area (TPSA) is 143 Å². The van der Waals surface area contributed by atoms with E-state index in [4.69, 9.17) is 11.5 Å². The van der Waals surface area contributed by atoms with Crippen molar-refractivity contribution < 1.29 is 9.59 Å². The smallest absolute Gasteiger partial charge is 0.338 e. The number of piperazine rings is 1. The fourth-order valence-electron chi connectivity index (χ4n) is 6.41. The van der Waals surface area contributed by atoms with Gasteiger partial charge in [-0.2, -0.15) is 4.98 Å². The molecule has 40 heavy (non-hydrogen) atoms. The predicted molar refractivity (Wildman–Crippen MR) is 160 cm³/mol. The molecule has 11 nitrogen and oxygen atoms in total. The second-order valence-electron chi connectivity index (χ2n) is 12.3. The predicted octanol–water partition coefficient (Wildman–Crippen LogP) is 2.40. The number of hydrogen-bond acceptors (Lipinski definition) is 7. The van der Waals surface area contributed by atoms with Gasteiger partial charge in [-0.1, -0.05) is 6.92 Å². The highest BCUT2D eigenvalue weighted by molar-refractivity contribution is 5.89. The minimum atomic E-state index is -0.933. The summed E-state index contributed by atoms with van der Waals surface area (Å²) in [5.74, 6) is 0.784. The van der Waals surface area contributed by atoms with Gasteiger partial charge in [0.2, 0.25) is 5.91 Å². The maximum absolute atomic E-state index is 12.9. The lowest BCUT2D eigenvalue weighted by Crippen LogP contribution is -2.58. The van der Waals surface area contributed by atoms with Gasteiger partial charge in [0.15, 0.2) is 0 Å². The summed E-state index contributed by atoms with van der Waals surface area (Å²) in [5.41, 5.74) is 10.8. The summed E-state index contributed by atoms with van der Waals surface area (Å²) in [5, 5.41) is 2.75. The van der Waals surface area contributed by atoms with Crippen molar-refractivity contribution in [2.75, 3.05) is 44.6 Å². The minimum absolute atomic E-state index is 0. The summed E-state index contributed by atoms with van der Waals surface area (Å²) in [6.07, 6.45) is 10.6. The lowest BCUT2D eigenvalue weighted by molar-refractivity contribution is -0.137. The number of halogens is 1. The van der Waals surface area contributed by atoms with Crippen molar-refractivity contribution in [3.05, 3.63) is 22.7 Å². The third-order valence-corrected chi connectivity index (χ3v) is 8.84. The van der Waals surface area contributed by atoms with Crippen molar-refractivity contribution in [2.24, 2.45) is 17.4 Å². The Labute approximate surface area is 244 Å². The number of amides is 3. The van der Waals surface area contributed by atoms with Crippen LogP contribution < -0.4 is 22.5 Å². The first kappa shape index (κ1) is 32.3. The second-order valence-corrected chi connectivity index (χ2v) is 12.3. The van der Waals surface area contributed by atoms with Crippen LogP contribution in [-0.2, 0) is 4.79 Å². The molecule has 5 N–H and O–H groups in total. The molecule has 2 aliphatic carbocycles. The molecule has 226 valence electrons. The molecule has 3 fully saturated rings. The average molecular weight is 581 g/mol. The van der Waals surface area contributed by atoms with Crippen LogP contribution in [0.2, 0.25) is 0 Å². The summed E-state index contributed by atoms with van der Waals surface area (Å²) in [6.45, 7) is 9.49. The van der Waals surface area contributed by atoms with E-state index in [9.17, 15) is 14.4 Å². The summed E-state index contributed by atoms with van der Waals surface area (Å²) in [7, 11) is 0. The molecule has 12 heteroatoms. The molecular weight excluding hydrogens is 532 g/mol. The van der Waals surface area contributed by atoms with Crippen molar-refractivity contribution in [3.63, 3.8) is 0 Å². The Balaban J connectivity index is 0.00000441. The summed E-state index contributed by atoms with van der Waals surface area (Å²) in [6, 6.07) is 2.56. The molecule has 1 saturated heterocycles. The Morgan fingerprint density at radius 2 is 1.62 bits per heavy atom. The zero-order valence-electron chi connectivity index (χ0n) is 24.4. The Morgan fingerprint density at radius 3 is 2.17 bits per heavy atom. The Morgan fingerprint density at radius 1 is 1.02 bits per heavy atom. The molecule has 0 atom stereocenters. The number of carbonyl (C=O) groups excluding carboxylic acids is 2. The van der Waals surface area contributed by atoms with Crippen molar-refractivity contribution >= 4 is 30.2 Å². The van der Waals surface area contributed by atoms with Crippen LogP contribution in [0.3, 0.4) is 0 Å². The number of nitrogens with two attached hydrogens (primary N) is 2. The van der Waals surface area contributed by atoms with Crippen LogP contribution in [-0.4, -0.2) is 93.1 Å². The van der Waals surface area contributed by atoms with E-state index in [0.29, 0.717) is 44.2 Å². The molecular formula is C28H49ClN8O3. The number of urea groups is 1. The van der Waals surface area contributed by atoms with Gasteiger partial charge in [-0.25, -0.2) is 9.59 Å². The van der Waals surface area contributed by atoms with E-state index in [1.807, 2.05) is 0 Å². The fourth-order valence-corrected chi connectivity index (χ4v) is 6.41. The summed E-state index contributed by atoms with van der Waals surface area (Å²) >= 11 is 0. The molecule has 3 amide bonds. The number of carbonyl (C=O) groups is 2. The number of nitrogens with one attached hydrogen (secondary N) is 1. The van der Waals surface area contributed by atoms with E-state index in [1.165, 1.54) is 12.8 Å². The van der Waals surface area contributed by atoms with E-state index >= 15 is 0 Å². The molecule has 1 aliphatic heterocycles. The molecule has 2 heterocycles. The maximum atomic E-state index is 12.9. The van der Waals surface area contributed by atoms with Gasteiger partial charge < -0.3 is 26.2 Å². The highest BCUT2D eigenvalue weighted by Gasteiger charge is 2.32. The molecule has 1 aromatic heterocycles. The van der Waals surface area contributed by atoms with Crippen LogP contribution in [0.1, 0.15) is 78.2 Å². The van der Waals surface area contributed by atoms with Gasteiger partial charge in [0.1, 0.15) is 5.82 Å². The first-order valence-electron chi connectivity index (χ1n) is 14.8. The maximum Gasteiger partial charge on any atom is 0.349 e. The van der Waals surface area contributed by atoms with Crippen molar-refractivity contribution in [1.82, 2.24) is 24.3 Å². The number of nitrogens with zero attached hydrogens (tertiary/aromatic N) is 5. The van der Waals surface area contributed by atoms with Crippen LogP contribution >= 0.6 is 12.4 Å². The van der Waals surface area contributed by atoms with Crippen LogP contribution in [0.15, 0.2) is 17.1 Å². The molecule has 0 unspecified atom stereocenters. The van der Waals surface area contributed by atoms with E-state index in [2.05, 4.69) is 22.1 Å². The quantitative estimate of drug-likeness (QED) is 0.449. The van der Waals surface area contributed by atoms with Gasteiger partial charge in [-0.3, -0.25) is 14.7 Å². The Hall–Kier alpha value is -2.21. The third-order valence-electron chi connectivity index (χ3n) is 8.84. The number of anilines is 1. The largest absolute Gasteiger partial charge is 0.349 e. The normalized spacial score (nSPS) is 25.9. The first-order valence-corrected chi connectivity index (χ1v) is 14.8. The zero-order valence-corrected chi connectivity index (χ0v) is 25.2. The van der Waals surface area contributed by atoms with Crippen LogP contribution in [0.5, 0.6) is 0 Å². The number of hydrogen-bond donors (Lipinski definition) is 3. The van der Waals surface area contributed by atoms with Gasteiger partial charge in [-0.15, -0.1) is 12.4 Å². The standard InChI is InChI=1S/C28H48N8O3.ClH/c1-4-33(22-11-7-21(29)8-12-22)19-20-5-9-23(10-6-20)36-14-13-24(32-27(36)39)31-26(38)35-17-15-34(16-18-35)25(37)28(2,3)30;/h13-14,20-23H,4-12,15-19,29-30H2,1-3H3,(H,31,32,38,39);1H/t20-,21-,22-,23-;. The van der Waals surface area contributed by atoms with Crippen molar-refractivity contribution in [3.8, 4) is 0 Å². The molecule has 0 radical (unpaired) electrons. The van der Waals surface area contributed by atoms with Gasteiger partial charge >= 0.3 is 11.7 Å². The van der Waals surface area contributed by atoms with E-state index in [1.54, 1.807) is 40.5 Å². The summed E-state index contributed by atoms with van der Waals surface area (Å²) < 4.78 is 1.73. The molecule has 2 saturated carbocycles. The van der Waals surface area contributed by atoms with Gasteiger partial charge in [0, 0.05) is 57.0 Å². The molecule has 4 rings (SSSR count). The van der Waals surface area contributed by atoms with Crippen LogP contribution in [0, 0.1) is 5.92 Å². The second kappa shape index (κ2) is 14.1. The average Bonchev–Trinajstić information content (AvgIpc) is 2.92. The first-order chi connectivity index (χ1) is 18.5. The zero-order chi connectivity index (χ0) is 28.2. The number of rotatable bonds is 7. The minimum Gasteiger partial charge on any atom is -0.338 e. The molecule has 3 aliphatic rings. The third kappa shape index (κ3) is 8.18. The SMILES string of the molecule is CCN(C[C@H]1CC[C@H](n2ccc(NC(=O)N3CCN(C(=O)C(C)(C)N)CC3)nc2=O)CC1)[C@H]1CC[C@H](N)CC1.Cl. The molecule has 0 spiro atoms. The summed E-state index contributed by atoms with van der Waals surface area (Å²) in [4.78, 5) is 48.1. The molecule has 0 bridgehead atoms. The monoisotopic (exact) mass is 580 g/mol. The molecule has 0 aromatic carbocycles. The number of aromatic nitrogens is 2. The Kier molecular flexibility index (Phi) is 11.4. The van der Waals surface area contributed by atoms with Crippen LogP contribution in [0.4, 0.5) is 10.6 Å². The van der Waals surface area contributed by atoms with Crippen molar-refractivity contribution in [2.45, 2.75) is 95.8 Å². The lowest BCUT2D eigenvalue weighted by Gasteiger charge is -2.39.